The number of carboxylic acids is 1. The van der Waals surface area contributed by atoms with E-state index >= 15 is 0 Å². The summed E-state index contributed by atoms with van der Waals surface area (Å²) in [6, 6.07) is 0.706. The average molecular weight is 389 g/mol. The van der Waals surface area contributed by atoms with Gasteiger partial charge in [-0.05, 0) is 32.3 Å². The Labute approximate surface area is 155 Å². The molecule has 0 aromatic carbocycles. The molecule has 2 heterocycles. The number of aromatic nitrogens is 1. The average Bonchev–Trinajstić information content (AvgIpc) is 2.56. The molecule has 1 fully saturated rings. The third kappa shape index (κ3) is 3.91. The van der Waals surface area contributed by atoms with Crippen molar-refractivity contribution < 1.29 is 29.3 Å². The van der Waals surface area contributed by atoms with Crippen molar-refractivity contribution in [3.63, 3.8) is 0 Å². The molecule has 1 amide bonds. The number of pyridine rings is 1. The lowest BCUT2D eigenvalue weighted by molar-refractivity contribution is -0.153. The number of aliphatic hydroxyl groups excluding tert-OH is 1. The fourth-order valence-corrected chi connectivity index (χ4v) is 3.74. The predicted octanol–water partition coefficient (Wildman–Crippen LogP) is 3.09. The van der Waals surface area contributed by atoms with E-state index < -0.39 is 35.4 Å². The SMILES string of the molecule is CCC(O)c1cc(Cl)nc(CC2(C(=O)O)CCN(C(=O)O)C(C)C2)c1F. The molecule has 1 aliphatic heterocycles. The van der Waals surface area contributed by atoms with Gasteiger partial charge in [0, 0.05) is 24.6 Å². The van der Waals surface area contributed by atoms with Crippen LogP contribution in [-0.2, 0) is 11.2 Å². The summed E-state index contributed by atoms with van der Waals surface area (Å²) in [5.74, 6) is -1.90. The Morgan fingerprint density at radius 2 is 2.15 bits per heavy atom. The van der Waals surface area contributed by atoms with Gasteiger partial charge in [0.05, 0.1) is 17.2 Å². The highest BCUT2D eigenvalue weighted by atomic mass is 35.5. The summed E-state index contributed by atoms with van der Waals surface area (Å²) < 4.78 is 14.8. The number of hydrogen-bond donors (Lipinski definition) is 3. The molecule has 3 atom stereocenters. The van der Waals surface area contributed by atoms with Gasteiger partial charge in [-0.1, -0.05) is 18.5 Å². The minimum Gasteiger partial charge on any atom is -0.481 e. The lowest BCUT2D eigenvalue weighted by Crippen LogP contribution is -2.51. The second-order valence-corrected chi connectivity index (χ2v) is 7.15. The summed E-state index contributed by atoms with van der Waals surface area (Å²) >= 11 is 5.94. The van der Waals surface area contributed by atoms with Crippen LogP contribution in [0.2, 0.25) is 5.15 Å². The van der Waals surface area contributed by atoms with Gasteiger partial charge in [0.15, 0.2) is 5.82 Å². The van der Waals surface area contributed by atoms with Crippen LogP contribution < -0.4 is 0 Å². The molecule has 3 N–H and O–H groups in total. The first-order valence-electron chi connectivity index (χ1n) is 8.37. The summed E-state index contributed by atoms with van der Waals surface area (Å²) in [5.41, 5.74) is -1.49. The number of carbonyl (C=O) groups is 2. The molecule has 9 heteroatoms. The Bertz CT molecular complexity index is 717. The van der Waals surface area contributed by atoms with Gasteiger partial charge in [0.2, 0.25) is 0 Å². The fourth-order valence-electron chi connectivity index (χ4n) is 3.52. The van der Waals surface area contributed by atoms with E-state index in [-0.39, 0.29) is 48.6 Å². The maximum absolute atomic E-state index is 14.8. The maximum Gasteiger partial charge on any atom is 0.407 e. The molecule has 0 saturated carbocycles. The van der Waals surface area contributed by atoms with Crippen molar-refractivity contribution in [2.45, 2.75) is 51.7 Å². The highest BCUT2D eigenvalue weighted by molar-refractivity contribution is 6.29. The molecule has 1 aliphatic rings. The molecule has 144 valence electrons. The van der Waals surface area contributed by atoms with Crippen molar-refractivity contribution in [1.82, 2.24) is 9.88 Å². The van der Waals surface area contributed by atoms with Crippen molar-refractivity contribution >= 4 is 23.7 Å². The Kier molecular flexibility index (Phi) is 6.08. The first-order chi connectivity index (χ1) is 12.1. The van der Waals surface area contributed by atoms with Gasteiger partial charge in [0.25, 0.3) is 0 Å². The topological polar surface area (TPSA) is 111 Å². The molecule has 26 heavy (non-hydrogen) atoms. The standard InChI is InChI=1S/C17H22ClFN2O5/c1-3-12(22)10-6-13(18)20-11(14(10)19)8-17(15(23)24)4-5-21(16(25)26)9(2)7-17/h6,9,12,22H,3-5,7-8H2,1-2H3,(H,23,24)(H,25,26). The van der Waals surface area contributed by atoms with Gasteiger partial charge in [0.1, 0.15) is 5.15 Å². The van der Waals surface area contributed by atoms with Crippen LogP contribution in [0, 0.1) is 11.2 Å². The third-order valence-electron chi connectivity index (χ3n) is 5.02. The van der Waals surface area contributed by atoms with E-state index in [0.29, 0.717) is 0 Å². The van der Waals surface area contributed by atoms with Crippen LogP contribution in [0.5, 0.6) is 0 Å². The zero-order chi connectivity index (χ0) is 19.6. The number of likely N-dealkylation sites (tertiary alicyclic amines) is 1. The molecule has 0 spiro atoms. The van der Waals surface area contributed by atoms with E-state index in [2.05, 4.69) is 4.98 Å². The number of aliphatic carboxylic acids is 1. The van der Waals surface area contributed by atoms with Gasteiger partial charge in [-0.3, -0.25) is 4.79 Å². The number of halogens is 2. The van der Waals surface area contributed by atoms with Crippen LogP contribution >= 0.6 is 11.6 Å². The second kappa shape index (κ2) is 7.75. The molecule has 7 nitrogen and oxygen atoms in total. The number of rotatable bonds is 5. The minimum atomic E-state index is -1.35. The lowest BCUT2D eigenvalue weighted by Gasteiger charge is -2.42. The van der Waals surface area contributed by atoms with E-state index in [9.17, 15) is 29.3 Å². The fraction of sp³-hybridized carbons (Fsp3) is 0.588. The van der Waals surface area contributed by atoms with Crippen molar-refractivity contribution in [1.29, 1.82) is 0 Å². The Morgan fingerprint density at radius 3 is 2.65 bits per heavy atom. The molecule has 1 aromatic heterocycles. The smallest absolute Gasteiger partial charge is 0.407 e. The molecule has 0 aliphatic carbocycles. The second-order valence-electron chi connectivity index (χ2n) is 6.76. The normalized spacial score (nSPS) is 24.3. The minimum absolute atomic E-state index is 0.0148. The first kappa shape index (κ1) is 20.4. The summed E-state index contributed by atoms with van der Waals surface area (Å²) in [6.45, 7) is 3.34. The molecular weight excluding hydrogens is 367 g/mol. The zero-order valence-corrected chi connectivity index (χ0v) is 15.3. The molecule has 1 aromatic rings. The number of nitrogens with zero attached hydrogens (tertiary/aromatic N) is 2. The summed E-state index contributed by atoms with van der Waals surface area (Å²) in [4.78, 5) is 28.3. The van der Waals surface area contributed by atoms with Gasteiger partial charge in [-0.25, -0.2) is 14.2 Å². The van der Waals surface area contributed by atoms with Crippen molar-refractivity contribution in [2.24, 2.45) is 5.41 Å². The van der Waals surface area contributed by atoms with E-state index in [0.717, 1.165) is 0 Å². The summed E-state index contributed by atoms with van der Waals surface area (Å²) in [5, 5.41) is 28.9. The molecular formula is C17H22ClFN2O5. The Balaban J connectivity index is 2.39. The van der Waals surface area contributed by atoms with Crippen LogP contribution in [0.4, 0.5) is 9.18 Å². The first-order valence-corrected chi connectivity index (χ1v) is 8.75. The third-order valence-corrected chi connectivity index (χ3v) is 5.22. The Morgan fingerprint density at radius 1 is 1.50 bits per heavy atom. The summed E-state index contributed by atoms with van der Waals surface area (Å²) in [6.07, 6.45) is -2.06. The van der Waals surface area contributed by atoms with Gasteiger partial charge in [-0.2, -0.15) is 0 Å². The number of amides is 1. The Hall–Kier alpha value is -1.93. The van der Waals surface area contributed by atoms with Crippen LogP contribution in [-0.4, -0.2) is 49.9 Å². The van der Waals surface area contributed by atoms with E-state index in [1.807, 2.05) is 0 Å². The van der Waals surface area contributed by atoms with E-state index in [1.165, 1.54) is 11.0 Å². The number of carboxylic acid groups (broad SMARTS) is 2. The van der Waals surface area contributed by atoms with Crippen molar-refractivity contribution in [3.8, 4) is 0 Å². The highest BCUT2D eigenvalue weighted by Gasteiger charge is 2.46. The maximum atomic E-state index is 14.8. The van der Waals surface area contributed by atoms with Crippen molar-refractivity contribution in [3.05, 3.63) is 28.3 Å². The van der Waals surface area contributed by atoms with Crippen LogP contribution in [0.3, 0.4) is 0 Å². The van der Waals surface area contributed by atoms with E-state index in [1.54, 1.807) is 13.8 Å². The van der Waals surface area contributed by atoms with Gasteiger partial charge >= 0.3 is 12.1 Å². The molecule has 1 saturated heterocycles. The number of aliphatic hydroxyl groups is 1. The molecule has 0 bridgehead atoms. The molecule has 3 unspecified atom stereocenters. The van der Waals surface area contributed by atoms with Crippen molar-refractivity contribution in [2.75, 3.05) is 6.54 Å². The predicted molar refractivity (Wildman–Crippen MR) is 91.7 cm³/mol. The van der Waals surface area contributed by atoms with Crippen LogP contribution in [0.1, 0.15) is 50.5 Å². The monoisotopic (exact) mass is 388 g/mol. The summed E-state index contributed by atoms with van der Waals surface area (Å²) in [7, 11) is 0. The quantitative estimate of drug-likeness (QED) is 0.668. The number of hydrogen-bond acceptors (Lipinski definition) is 4. The van der Waals surface area contributed by atoms with Gasteiger partial charge in [-0.15, -0.1) is 0 Å². The molecule has 2 rings (SSSR count). The highest BCUT2D eigenvalue weighted by Crippen LogP contribution is 2.39. The van der Waals surface area contributed by atoms with E-state index in [4.69, 9.17) is 11.6 Å². The van der Waals surface area contributed by atoms with Gasteiger partial charge < -0.3 is 20.2 Å². The van der Waals surface area contributed by atoms with Crippen LogP contribution in [0.15, 0.2) is 6.07 Å². The largest absolute Gasteiger partial charge is 0.481 e. The lowest BCUT2D eigenvalue weighted by atomic mass is 9.72. The molecule has 0 radical (unpaired) electrons. The zero-order valence-electron chi connectivity index (χ0n) is 14.6. The van der Waals surface area contributed by atoms with Crippen LogP contribution in [0.25, 0.3) is 0 Å². The number of piperidine rings is 1.